The predicted octanol–water partition coefficient (Wildman–Crippen LogP) is 2.10. The van der Waals surface area contributed by atoms with Crippen molar-refractivity contribution >= 4 is 0 Å². The molecule has 2 aromatic heterocycles. The molecule has 2 aromatic rings. The minimum atomic E-state index is 0.537. The molecule has 1 atom stereocenters. The molecule has 0 radical (unpaired) electrons. The Hall–Kier alpha value is -1.69. The molecule has 6 nitrogen and oxygen atoms in total. The zero-order chi connectivity index (χ0) is 15.1. The second kappa shape index (κ2) is 5.50. The third-order valence-electron chi connectivity index (χ3n) is 4.96. The number of hydrogen-bond acceptors (Lipinski definition) is 4. The van der Waals surface area contributed by atoms with Crippen LogP contribution in [0.5, 0.6) is 0 Å². The van der Waals surface area contributed by atoms with Gasteiger partial charge in [-0.25, -0.2) is 0 Å². The zero-order valence-electron chi connectivity index (χ0n) is 13.4. The summed E-state index contributed by atoms with van der Waals surface area (Å²) in [4.78, 5) is 2.50. The van der Waals surface area contributed by atoms with Gasteiger partial charge >= 0.3 is 0 Å². The third-order valence-corrected chi connectivity index (χ3v) is 4.96. The Morgan fingerprint density at radius 3 is 2.82 bits per heavy atom. The molecule has 6 heteroatoms. The lowest BCUT2D eigenvalue weighted by atomic mass is 9.94. The molecule has 0 bridgehead atoms. The molecule has 1 N–H and O–H groups in total. The number of likely N-dealkylation sites (tertiary alicyclic amines) is 1. The van der Waals surface area contributed by atoms with E-state index in [1.54, 1.807) is 0 Å². The van der Waals surface area contributed by atoms with Gasteiger partial charge in [0.25, 0.3) is 0 Å². The molecule has 0 spiro atoms. The number of aromatic nitrogens is 5. The Bertz CT molecular complexity index is 653. The summed E-state index contributed by atoms with van der Waals surface area (Å²) < 4.78 is 2.21. The van der Waals surface area contributed by atoms with E-state index in [9.17, 15) is 0 Å². The fourth-order valence-electron chi connectivity index (χ4n) is 3.50. The average Bonchev–Trinajstić information content (AvgIpc) is 3.17. The van der Waals surface area contributed by atoms with Crippen LogP contribution in [0.15, 0.2) is 6.07 Å². The van der Waals surface area contributed by atoms with Crippen molar-refractivity contribution in [3.63, 3.8) is 0 Å². The summed E-state index contributed by atoms with van der Waals surface area (Å²) in [6.45, 7) is 5.17. The fourth-order valence-corrected chi connectivity index (χ4v) is 3.50. The third kappa shape index (κ3) is 2.67. The second-order valence-corrected chi connectivity index (χ2v) is 6.86. The summed E-state index contributed by atoms with van der Waals surface area (Å²) >= 11 is 0. The molecule has 2 aliphatic rings. The van der Waals surface area contributed by atoms with Crippen LogP contribution in [0.4, 0.5) is 0 Å². The fraction of sp³-hybridized carbons (Fsp3) is 0.688. The van der Waals surface area contributed by atoms with Gasteiger partial charge in [0.2, 0.25) is 0 Å². The van der Waals surface area contributed by atoms with Crippen molar-refractivity contribution < 1.29 is 0 Å². The van der Waals surface area contributed by atoms with Crippen LogP contribution >= 0.6 is 0 Å². The van der Waals surface area contributed by atoms with Crippen molar-refractivity contribution in [1.82, 2.24) is 29.9 Å². The highest BCUT2D eigenvalue weighted by molar-refractivity contribution is 5.13. The zero-order valence-corrected chi connectivity index (χ0v) is 13.4. The number of rotatable bonds is 4. The summed E-state index contributed by atoms with van der Waals surface area (Å²) in [5.74, 6) is 3.47. The summed E-state index contributed by atoms with van der Waals surface area (Å²) in [5, 5.41) is 16.3. The lowest BCUT2D eigenvalue weighted by molar-refractivity contribution is 0.192. The molecule has 1 saturated heterocycles. The Kier molecular flexibility index (Phi) is 3.48. The topological polar surface area (TPSA) is 62.6 Å². The van der Waals surface area contributed by atoms with E-state index >= 15 is 0 Å². The Labute approximate surface area is 130 Å². The first-order valence-electron chi connectivity index (χ1n) is 8.33. The van der Waals surface area contributed by atoms with Crippen molar-refractivity contribution in [2.45, 2.75) is 51.0 Å². The lowest BCUT2D eigenvalue weighted by Crippen LogP contribution is -2.34. The van der Waals surface area contributed by atoms with Gasteiger partial charge in [-0.15, -0.1) is 10.2 Å². The predicted molar refractivity (Wildman–Crippen MR) is 83.6 cm³/mol. The van der Waals surface area contributed by atoms with Crippen LogP contribution < -0.4 is 0 Å². The van der Waals surface area contributed by atoms with Crippen molar-refractivity contribution in [3.8, 4) is 0 Å². The number of hydrogen-bond donors (Lipinski definition) is 1. The van der Waals surface area contributed by atoms with Gasteiger partial charge in [0.05, 0.1) is 12.2 Å². The van der Waals surface area contributed by atoms with E-state index in [4.69, 9.17) is 0 Å². The number of aromatic amines is 1. The van der Waals surface area contributed by atoms with Gasteiger partial charge in [-0.05, 0) is 45.2 Å². The van der Waals surface area contributed by atoms with E-state index in [2.05, 4.69) is 49.9 Å². The second-order valence-electron chi connectivity index (χ2n) is 6.86. The molecule has 1 saturated carbocycles. The van der Waals surface area contributed by atoms with E-state index in [0.29, 0.717) is 11.8 Å². The maximum absolute atomic E-state index is 4.45. The SMILES string of the molecule is Cc1cc([C@H]2CCCN(Cc3nnc(C4CC4)n3C)C2)n[nH]1. The highest BCUT2D eigenvalue weighted by Crippen LogP contribution is 2.38. The van der Waals surface area contributed by atoms with Gasteiger partial charge in [0.15, 0.2) is 0 Å². The Morgan fingerprint density at radius 2 is 2.09 bits per heavy atom. The summed E-state index contributed by atoms with van der Waals surface area (Å²) in [7, 11) is 2.11. The first-order valence-corrected chi connectivity index (χ1v) is 8.33. The van der Waals surface area contributed by atoms with E-state index < -0.39 is 0 Å². The largest absolute Gasteiger partial charge is 0.317 e. The van der Waals surface area contributed by atoms with Gasteiger partial charge in [-0.1, -0.05) is 0 Å². The molecular formula is C16H24N6. The van der Waals surface area contributed by atoms with Gasteiger partial charge < -0.3 is 4.57 Å². The normalized spacial score (nSPS) is 23.1. The van der Waals surface area contributed by atoms with Gasteiger partial charge in [0.1, 0.15) is 11.6 Å². The first-order chi connectivity index (χ1) is 10.7. The van der Waals surface area contributed by atoms with Crippen LogP contribution in [0.3, 0.4) is 0 Å². The minimum Gasteiger partial charge on any atom is -0.317 e. The summed E-state index contributed by atoms with van der Waals surface area (Å²) in [5.41, 5.74) is 2.35. The molecule has 2 fully saturated rings. The van der Waals surface area contributed by atoms with Crippen molar-refractivity contribution in [3.05, 3.63) is 29.1 Å². The number of nitrogens with one attached hydrogen (secondary N) is 1. The number of nitrogens with zero attached hydrogens (tertiary/aromatic N) is 5. The molecule has 22 heavy (non-hydrogen) atoms. The van der Waals surface area contributed by atoms with E-state index in [1.165, 1.54) is 37.2 Å². The maximum atomic E-state index is 4.45. The molecule has 1 aliphatic carbocycles. The van der Waals surface area contributed by atoms with Crippen LogP contribution in [0.25, 0.3) is 0 Å². The van der Waals surface area contributed by atoms with Crippen LogP contribution in [-0.2, 0) is 13.6 Å². The van der Waals surface area contributed by atoms with E-state index in [-0.39, 0.29) is 0 Å². The van der Waals surface area contributed by atoms with Gasteiger partial charge in [0, 0.05) is 31.1 Å². The van der Waals surface area contributed by atoms with Crippen LogP contribution in [0.1, 0.15) is 60.6 Å². The quantitative estimate of drug-likeness (QED) is 0.939. The number of aryl methyl sites for hydroxylation is 1. The van der Waals surface area contributed by atoms with Crippen LogP contribution in [-0.4, -0.2) is 43.0 Å². The number of piperidine rings is 1. The smallest absolute Gasteiger partial charge is 0.146 e. The first kappa shape index (κ1) is 13.9. The summed E-state index contributed by atoms with van der Waals surface area (Å²) in [6.07, 6.45) is 5.00. The Balaban J connectivity index is 1.44. The van der Waals surface area contributed by atoms with Gasteiger partial charge in [-0.2, -0.15) is 5.10 Å². The molecular weight excluding hydrogens is 276 g/mol. The molecule has 0 amide bonds. The van der Waals surface area contributed by atoms with Crippen molar-refractivity contribution in [2.75, 3.05) is 13.1 Å². The number of H-pyrrole nitrogens is 1. The molecule has 3 heterocycles. The molecule has 0 unspecified atom stereocenters. The van der Waals surface area contributed by atoms with Crippen molar-refractivity contribution in [1.29, 1.82) is 0 Å². The lowest BCUT2D eigenvalue weighted by Gasteiger charge is -2.31. The molecule has 118 valence electrons. The maximum Gasteiger partial charge on any atom is 0.146 e. The summed E-state index contributed by atoms with van der Waals surface area (Å²) in [6, 6.07) is 2.18. The standard InChI is InChI=1S/C16H24N6/c1-11-8-14(18-17-11)13-4-3-7-22(9-13)10-15-19-20-16(21(15)2)12-5-6-12/h8,12-13H,3-7,9-10H2,1-2H3,(H,17,18)/t13-/m0/s1. The van der Waals surface area contributed by atoms with E-state index in [0.717, 1.165) is 31.2 Å². The molecule has 0 aromatic carbocycles. The van der Waals surface area contributed by atoms with E-state index in [1.807, 2.05) is 0 Å². The van der Waals surface area contributed by atoms with Crippen LogP contribution in [0, 0.1) is 6.92 Å². The molecule has 1 aliphatic heterocycles. The van der Waals surface area contributed by atoms with Crippen LogP contribution in [0.2, 0.25) is 0 Å². The highest BCUT2D eigenvalue weighted by atomic mass is 15.3. The minimum absolute atomic E-state index is 0.537. The highest BCUT2D eigenvalue weighted by Gasteiger charge is 2.30. The van der Waals surface area contributed by atoms with Crippen molar-refractivity contribution in [2.24, 2.45) is 7.05 Å². The Morgan fingerprint density at radius 1 is 1.23 bits per heavy atom. The monoisotopic (exact) mass is 300 g/mol. The average molecular weight is 300 g/mol. The molecule has 4 rings (SSSR count). The van der Waals surface area contributed by atoms with Gasteiger partial charge in [-0.3, -0.25) is 10.00 Å².